The van der Waals surface area contributed by atoms with Crippen LogP contribution in [0.2, 0.25) is 10.0 Å². The van der Waals surface area contributed by atoms with Gasteiger partial charge < -0.3 is 10.1 Å². The summed E-state index contributed by atoms with van der Waals surface area (Å²) in [5.74, 6) is -0.884. The van der Waals surface area contributed by atoms with E-state index in [1.54, 1.807) is 42.6 Å². The van der Waals surface area contributed by atoms with E-state index in [1.807, 2.05) is 18.2 Å². The Hall–Kier alpha value is -2.34. The molecule has 7 heteroatoms. The van der Waals surface area contributed by atoms with Gasteiger partial charge in [0.2, 0.25) is 0 Å². The van der Waals surface area contributed by atoms with Crippen LogP contribution in [-0.2, 0) is 4.74 Å². The number of ether oxygens (including phenoxy) is 1. The van der Waals surface area contributed by atoms with Crippen LogP contribution < -0.4 is 5.32 Å². The molecule has 0 aliphatic carbocycles. The number of halogens is 2. The molecule has 0 aliphatic rings. The summed E-state index contributed by atoms with van der Waals surface area (Å²) < 4.78 is 5.19. The van der Waals surface area contributed by atoms with E-state index in [-0.39, 0.29) is 18.1 Å². The lowest BCUT2D eigenvalue weighted by Gasteiger charge is -2.10. The lowest BCUT2D eigenvalue weighted by molar-refractivity contribution is 0.0529. The summed E-state index contributed by atoms with van der Waals surface area (Å²) in [7, 11) is 0. The van der Waals surface area contributed by atoms with Gasteiger partial charge in [-0.2, -0.15) is 0 Å². The van der Waals surface area contributed by atoms with Gasteiger partial charge in [0.05, 0.1) is 6.61 Å². The Bertz CT molecular complexity index is 1000. The minimum absolute atomic E-state index is 0.221. The molecule has 138 valence electrons. The van der Waals surface area contributed by atoms with E-state index in [2.05, 4.69) is 5.32 Å². The SMILES string of the molecule is CCOC(=O)c1c(-c2ccccc2Cl)csc1NC(=O)c1cccc(Cl)c1. The van der Waals surface area contributed by atoms with Crippen LogP contribution in [0.3, 0.4) is 0 Å². The average Bonchev–Trinajstić information content (AvgIpc) is 3.05. The molecule has 27 heavy (non-hydrogen) atoms. The van der Waals surface area contributed by atoms with Crippen LogP contribution in [0.5, 0.6) is 0 Å². The van der Waals surface area contributed by atoms with E-state index in [4.69, 9.17) is 27.9 Å². The third-order valence-corrected chi connectivity index (χ3v) is 5.21. The highest BCUT2D eigenvalue weighted by Gasteiger charge is 2.24. The Morgan fingerprint density at radius 3 is 2.56 bits per heavy atom. The van der Waals surface area contributed by atoms with E-state index < -0.39 is 5.97 Å². The molecule has 4 nitrogen and oxygen atoms in total. The zero-order valence-electron chi connectivity index (χ0n) is 14.3. The van der Waals surface area contributed by atoms with Gasteiger partial charge in [0, 0.05) is 32.1 Å². The predicted octanol–water partition coefficient (Wildman–Crippen LogP) is 6.15. The summed E-state index contributed by atoms with van der Waals surface area (Å²) in [4.78, 5) is 25.1. The van der Waals surface area contributed by atoms with Crippen LogP contribution in [0.15, 0.2) is 53.9 Å². The molecule has 1 amide bonds. The third-order valence-electron chi connectivity index (χ3n) is 3.75. The summed E-state index contributed by atoms with van der Waals surface area (Å²) in [6.45, 7) is 1.95. The Kier molecular flexibility index (Phi) is 6.16. The molecule has 1 N–H and O–H groups in total. The van der Waals surface area contributed by atoms with E-state index in [0.717, 1.165) is 0 Å². The summed E-state index contributed by atoms with van der Waals surface area (Å²) in [6.07, 6.45) is 0. The number of carbonyl (C=O) groups is 2. The van der Waals surface area contributed by atoms with Gasteiger partial charge in [-0.1, -0.05) is 47.5 Å². The van der Waals surface area contributed by atoms with Gasteiger partial charge in [-0.05, 0) is 31.2 Å². The van der Waals surface area contributed by atoms with Gasteiger partial charge in [-0.25, -0.2) is 4.79 Å². The normalized spacial score (nSPS) is 10.5. The molecule has 0 spiro atoms. The first-order chi connectivity index (χ1) is 13.0. The average molecular weight is 420 g/mol. The molecule has 0 bridgehead atoms. The number of hydrogen-bond donors (Lipinski definition) is 1. The fourth-order valence-electron chi connectivity index (χ4n) is 2.54. The Morgan fingerprint density at radius 1 is 1.07 bits per heavy atom. The summed E-state index contributed by atoms with van der Waals surface area (Å²) >= 11 is 13.5. The summed E-state index contributed by atoms with van der Waals surface area (Å²) in [5, 5.41) is 5.92. The van der Waals surface area contributed by atoms with Crippen molar-refractivity contribution in [3.8, 4) is 11.1 Å². The molecule has 0 atom stereocenters. The largest absolute Gasteiger partial charge is 0.462 e. The molecule has 0 radical (unpaired) electrons. The molecule has 0 saturated carbocycles. The predicted molar refractivity (Wildman–Crippen MR) is 110 cm³/mol. The van der Waals surface area contributed by atoms with Crippen molar-refractivity contribution in [3.63, 3.8) is 0 Å². The van der Waals surface area contributed by atoms with Crippen molar-refractivity contribution in [2.24, 2.45) is 0 Å². The fraction of sp³-hybridized carbons (Fsp3) is 0.100. The minimum Gasteiger partial charge on any atom is -0.462 e. The molecule has 0 fully saturated rings. The first-order valence-corrected chi connectivity index (χ1v) is 9.75. The van der Waals surface area contributed by atoms with Gasteiger partial charge in [0.25, 0.3) is 5.91 Å². The zero-order valence-corrected chi connectivity index (χ0v) is 16.6. The maximum Gasteiger partial charge on any atom is 0.341 e. The van der Waals surface area contributed by atoms with E-state index >= 15 is 0 Å². The highest BCUT2D eigenvalue weighted by molar-refractivity contribution is 7.15. The first-order valence-electron chi connectivity index (χ1n) is 8.11. The summed E-state index contributed by atoms with van der Waals surface area (Å²) in [5.41, 5.74) is 1.99. The van der Waals surface area contributed by atoms with Gasteiger partial charge in [0.1, 0.15) is 10.6 Å². The Balaban J connectivity index is 2.02. The monoisotopic (exact) mass is 419 g/mol. The van der Waals surface area contributed by atoms with Gasteiger partial charge in [-0.15, -0.1) is 11.3 Å². The third kappa shape index (κ3) is 4.33. The second-order valence-electron chi connectivity index (χ2n) is 5.52. The Labute approximate surface area is 170 Å². The van der Waals surface area contributed by atoms with Crippen molar-refractivity contribution >= 4 is 51.4 Å². The standard InChI is InChI=1S/C20H15Cl2NO3S/c1-2-26-20(25)17-15(14-8-3-4-9-16(14)22)11-27-19(17)23-18(24)12-6-5-7-13(21)10-12/h3-11H,2H2,1H3,(H,23,24). The molecule has 1 aromatic heterocycles. The second kappa shape index (κ2) is 8.57. The van der Waals surface area contributed by atoms with E-state index in [9.17, 15) is 9.59 Å². The van der Waals surface area contributed by atoms with Crippen LogP contribution in [0.1, 0.15) is 27.6 Å². The van der Waals surface area contributed by atoms with Crippen LogP contribution in [0.4, 0.5) is 5.00 Å². The fourth-order valence-corrected chi connectivity index (χ4v) is 3.91. The smallest absolute Gasteiger partial charge is 0.341 e. The number of anilines is 1. The maximum atomic E-state index is 12.6. The van der Waals surface area contributed by atoms with Gasteiger partial charge >= 0.3 is 5.97 Å². The van der Waals surface area contributed by atoms with Crippen LogP contribution in [0.25, 0.3) is 11.1 Å². The number of benzene rings is 2. The Morgan fingerprint density at radius 2 is 1.85 bits per heavy atom. The molecular formula is C20H15Cl2NO3S. The zero-order chi connectivity index (χ0) is 19.4. The highest BCUT2D eigenvalue weighted by Crippen LogP contribution is 2.39. The number of esters is 1. The van der Waals surface area contributed by atoms with Crippen molar-refractivity contribution in [2.75, 3.05) is 11.9 Å². The lowest BCUT2D eigenvalue weighted by atomic mass is 10.0. The van der Waals surface area contributed by atoms with Crippen LogP contribution in [-0.4, -0.2) is 18.5 Å². The maximum absolute atomic E-state index is 12.6. The molecule has 1 heterocycles. The van der Waals surface area contributed by atoms with Gasteiger partial charge in [-0.3, -0.25) is 4.79 Å². The molecule has 3 aromatic rings. The number of rotatable bonds is 5. The summed E-state index contributed by atoms with van der Waals surface area (Å²) in [6, 6.07) is 13.8. The second-order valence-corrected chi connectivity index (χ2v) is 7.24. The number of carbonyl (C=O) groups excluding carboxylic acids is 2. The van der Waals surface area contributed by atoms with Crippen LogP contribution >= 0.6 is 34.5 Å². The molecule has 0 saturated heterocycles. The minimum atomic E-state index is -0.518. The van der Waals surface area contributed by atoms with Crippen molar-refractivity contribution in [1.29, 1.82) is 0 Å². The number of hydrogen-bond acceptors (Lipinski definition) is 4. The number of thiophene rings is 1. The molecular weight excluding hydrogens is 405 g/mol. The number of nitrogens with one attached hydrogen (secondary N) is 1. The molecule has 2 aromatic carbocycles. The van der Waals surface area contributed by atoms with Crippen molar-refractivity contribution in [1.82, 2.24) is 0 Å². The van der Waals surface area contributed by atoms with Crippen molar-refractivity contribution in [2.45, 2.75) is 6.92 Å². The number of amides is 1. The first kappa shape index (κ1) is 19.4. The van der Waals surface area contributed by atoms with Crippen molar-refractivity contribution in [3.05, 3.63) is 75.1 Å². The molecule has 0 unspecified atom stereocenters. The molecule has 0 aliphatic heterocycles. The van der Waals surface area contributed by atoms with Crippen molar-refractivity contribution < 1.29 is 14.3 Å². The van der Waals surface area contributed by atoms with E-state index in [0.29, 0.717) is 31.7 Å². The lowest BCUT2D eigenvalue weighted by Crippen LogP contribution is -2.14. The molecule has 3 rings (SSSR count). The van der Waals surface area contributed by atoms with Crippen LogP contribution in [0, 0.1) is 0 Å². The highest BCUT2D eigenvalue weighted by atomic mass is 35.5. The van der Waals surface area contributed by atoms with Gasteiger partial charge in [0.15, 0.2) is 0 Å². The quantitative estimate of drug-likeness (QED) is 0.504. The van der Waals surface area contributed by atoms with E-state index in [1.165, 1.54) is 11.3 Å². The topological polar surface area (TPSA) is 55.4 Å².